The lowest BCUT2D eigenvalue weighted by atomic mass is 9.86. The second kappa shape index (κ2) is 6.26. The Balaban J connectivity index is 4.71. The Morgan fingerprint density at radius 3 is 1.95 bits per heavy atom. The Morgan fingerprint density at radius 2 is 1.63 bits per heavy atom. The summed E-state index contributed by atoms with van der Waals surface area (Å²) in [7, 11) is 1.72. The van der Waals surface area contributed by atoms with Crippen LogP contribution in [0.2, 0.25) is 0 Å². The van der Waals surface area contributed by atoms with Crippen LogP contribution in [0.25, 0.3) is 0 Å². The van der Waals surface area contributed by atoms with Crippen LogP contribution >= 0.6 is 0 Å². The van der Waals surface area contributed by atoms with Gasteiger partial charge < -0.3 is 15.0 Å². The molecular formula is C14H28N2O3. The number of rotatable bonds is 3. The largest absolute Gasteiger partial charge is 0.444 e. The Hall–Kier alpha value is -1.26. The molecule has 0 aliphatic rings. The molecule has 0 aliphatic carbocycles. The second-order valence-corrected chi connectivity index (χ2v) is 6.96. The Morgan fingerprint density at radius 1 is 1.16 bits per heavy atom. The van der Waals surface area contributed by atoms with E-state index in [9.17, 15) is 9.59 Å². The third kappa shape index (κ3) is 7.70. The molecule has 0 aromatic carbocycles. The molecule has 0 saturated heterocycles. The molecule has 0 radical (unpaired) electrons. The molecule has 0 rings (SSSR count). The first kappa shape index (κ1) is 17.7. The van der Waals surface area contributed by atoms with E-state index >= 15 is 0 Å². The van der Waals surface area contributed by atoms with Crippen molar-refractivity contribution in [1.82, 2.24) is 10.2 Å². The first-order chi connectivity index (χ1) is 8.33. The summed E-state index contributed by atoms with van der Waals surface area (Å²) in [6, 6.07) is -0.170. The van der Waals surface area contributed by atoms with Gasteiger partial charge in [0.05, 0.1) is 6.04 Å². The number of carbonyl (C=O) groups excluding carboxylic acids is 2. The summed E-state index contributed by atoms with van der Waals surface area (Å²) in [5.74, 6) is -0.0276. The van der Waals surface area contributed by atoms with E-state index in [0.717, 1.165) is 0 Å². The standard InChI is InChI=1S/C14H28N2O3/c1-10(17)16(8)9-11(13(2,3)4)15-12(18)19-14(5,6)7/h11H,9H2,1-8H3,(H,15,18)/t11-/m1/s1. The van der Waals surface area contributed by atoms with Gasteiger partial charge in [-0.3, -0.25) is 4.79 Å². The number of nitrogens with zero attached hydrogens (tertiary/aromatic N) is 1. The molecule has 0 unspecified atom stereocenters. The molecule has 0 saturated carbocycles. The summed E-state index contributed by atoms with van der Waals surface area (Å²) in [6.07, 6.45) is -0.454. The first-order valence-corrected chi connectivity index (χ1v) is 6.54. The fraction of sp³-hybridized carbons (Fsp3) is 0.857. The highest BCUT2D eigenvalue weighted by Crippen LogP contribution is 2.20. The van der Waals surface area contributed by atoms with Crippen molar-refractivity contribution >= 4 is 12.0 Å². The number of ether oxygens (including phenoxy) is 1. The molecule has 1 N–H and O–H groups in total. The number of alkyl carbamates (subject to hydrolysis) is 1. The molecule has 0 bridgehead atoms. The molecule has 5 nitrogen and oxygen atoms in total. The summed E-state index contributed by atoms with van der Waals surface area (Å²) >= 11 is 0. The molecule has 112 valence electrons. The van der Waals surface area contributed by atoms with Crippen LogP contribution in [0.1, 0.15) is 48.5 Å². The highest BCUT2D eigenvalue weighted by atomic mass is 16.6. The molecule has 1 atom stereocenters. The quantitative estimate of drug-likeness (QED) is 0.858. The van der Waals surface area contributed by atoms with Crippen LogP contribution in [0.4, 0.5) is 4.79 Å². The molecule has 0 fully saturated rings. The van der Waals surface area contributed by atoms with Crippen molar-refractivity contribution in [2.75, 3.05) is 13.6 Å². The molecule has 0 aromatic rings. The lowest BCUT2D eigenvalue weighted by Gasteiger charge is -2.34. The Kier molecular flexibility index (Phi) is 5.84. The van der Waals surface area contributed by atoms with Gasteiger partial charge in [-0.05, 0) is 26.2 Å². The minimum atomic E-state index is -0.529. The van der Waals surface area contributed by atoms with Crippen LogP contribution in [-0.4, -0.2) is 42.1 Å². The highest BCUT2D eigenvalue weighted by molar-refractivity contribution is 5.73. The van der Waals surface area contributed by atoms with Crippen molar-refractivity contribution in [2.45, 2.75) is 60.1 Å². The molecule has 0 spiro atoms. The maximum atomic E-state index is 11.8. The lowest BCUT2D eigenvalue weighted by molar-refractivity contribution is -0.128. The van der Waals surface area contributed by atoms with Crippen molar-refractivity contribution in [2.24, 2.45) is 5.41 Å². The summed E-state index contributed by atoms with van der Waals surface area (Å²) < 4.78 is 5.25. The van der Waals surface area contributed by atoms with Gasteiger partial charge in [-0.2, -0.15) is 0 Å². The smallest absolute Gasteiger partial charge is 0.407 e. The maximum Gasteiger partial charge on any atom is 0.407 e. The average molecular weight is 272 g/mol. The van der Waals surface area contributed by atoms with Gasteiger partial charge >= 0.3 is 6.09 Å². The van der Waals surface area contributed by atoms with E-state index in [1.807, 2.05) is 41.5 Å². The van der Waals surface area contributed by atoms with Crippen LogP contribution in [0.5, 0.6) is 0 Å². The number of amides is 2. The molecule has 2 amide bonds. The van der Waals surface area contributed by atoms with Crippen molar-refractivity contribution in [3.8, 4) is 0 Å². The zero-order valence-corrected chi connectivity index (χ0v) is 13.5. The van der Waals surface area contributed by atoms with Gasteiger partial charge in [-0.1, -0.05) is 20.8 Å². The zero-order chi connectivity index (χ0) is 15.4. The predicted octanol–water partition coefficient (Wildman–Crippen LogP) is 2.40. The van der Waals surface area contributed by atoms with Gasteiger partial charge in [-0.15, -0.1) is 0 Å². The van der Waals surface area contributed by atoms with Gasteiger partial charge in [0.1, 0.15) is 5.60 Å². The Bertz CT molecular complexity index is 327. The average Bonchev–Trinajstić information content (AvgIpc) is 2.11. The molecule has 19 heavy (non-hydrogen) atoms. The van der Waals surface area contributed by atoms with Crippen LogP contribution in [0.3, 0.4) is 0 Å². The topological polar surface area (TPSA) is 58.6 Å². The van der Waals surface area contributed by atoms with Gasteiger partial charge in [0.2, 0.25) is 5.91 Å². The summed E-state index contributed by atoms with van der Waals surface area (Å²) in [6.45, 7) is 13.5. The second-order valence-electron chi connectivity index (χ2n) is 6.96. The van der Waals surface area contributed by atoms with E-state index in [4.69, 9.17) is 4.74 Å². The highest BCUT2D eigenvalue weighted by Gasteiger charge is 2.29. The van der Waals surface area contributed by atoms with Crippen LogP contribution in [-0.2, 0) is 9.53 Å². The third-order valence-corrected chi connectivity index (χ3v) is 2.73. The molecule has 0 aliphatic heterocycles. The van der Waals surface area contributed by atoms with Crippen molar-refractivity contribution in [3.63, 3.8) is 0 Å². The van der Waals surface area contributed by atoms with Gasteiger partial charge in [0, 0.05) is 20.5 Å². The van der Waals surface area contributed by atoms with Gasteiger partial charge in [-0.25, -0.2) is 4.79 Å². The number of likely N-dealkylation sites (N-methyl/N-ethyl adjacent to an activating group) is 1. The molecular weight excluding hydrogens is 244 g/mol. The number of hydrogen-bond acceptors (Lipinski definition) is 3. The minimum absolute atomic E-state index is 0.0276. The van der Waals surface area contributed by atoms with Gasteiger partial charge in [0.25, 0.3) is 0 Å². The minimum Gasteiger partial charge on any atom is -0.444 e. The van der Waals surface area contributed by atoms with E-state index in [1.54, 1.807) is 11.9 Å². The van der Waals surface area contributed by atoms with E-state index in [1.165, 1.54) is 6.92 Å². The number of hydrogen-bond donors (Lipinski definition) is 1. The third-order valence-electron chi connectivity index (χ3n) is 2.73. The van der Waals surface area contributed by atoms with E-state index in [-0.39, 0.29) is 17.4 Å². The number of nitrogens with one attached hydrogen (secondary N) is 1. The fourth-order valence-electron chi connectivity index (χ4n) is 1.39. The summed E-state index contributed by atoms with van der Waals surface area (Å²) in [5, 5.41) is 2.84. The van der Waals surface area contributed by atoms with Gasteiger partial charge in [0.15, 0.2) is 0 Å². The first-order valence-electron chi connectivity index (χ1n) is 6.54. The van der Waals surface area contributed by atoms with Crippen LogP contribution in [0.15, 0.2) is 0 Å². The van der Waals surface area contributed by atoms with E-state index < -0.39 is 11.7 Å². The SMILES string of the molecule is CC(=O)N(C)C[C@@H](NC(=O)OC(C)(C)C)C(C)(C)C. The normalized spacial score (nSPS) is 13.7. The monoisotopic (exact) mass is 272 g/mol. The molecule has 0 heterocycles. The van der Waals surface area contributed by atoms with Crippen molar-refractivity contribution < 1.29 is 14.3 Å². The number of carbonyl (C=O) groups is 2. The lowest BCUT2D eigenvalue weighted by Crippen LogP contribution is -2.51. The maximum absolute atomic E-state index is 11.8. The molecule has 5 heteroatoms. The predicted molar refractivity (Wildman–Crippen MR) is 75.9 cm³/mol. The van der Waals surface area contributed by atoms with Crippen LogP contribution < -0.4 is 5.32 Å². The van der Waals surface area contributed by atoms with Crippen molar-refractivity contribution in [3.05, 3.63) is 0 Å². The van der Waals surface area contributed by atoms with Crippen LogP contribution in [0, 0.1) is 5.41 Å². The van der Waals surface area contributed by atoms with E-state index in [2.05, 4.69) is 5.32 Å². The van der Waals surface area contributed by atoms with Crippen molar-refractivity contribution in [1.29, 1.82) is 0 Å². The summed E-state index contributed by atoms with van der Waals surface area (Å²) in [5.41, 5.74) is -0.695. The summed E-state index contributed by atoms with van der Waals surface area (Å²) in [4.78, 5) is 24.7. The molecule has 0 aromatic heterocycles. The zero-order valence-electron chi connectivity index (χ0n) is 13.5. The van der Waals surface area contributed by atoms with E-state index in [0.29, 0.717) is 6.54 Å². The Labute approximate surface area is 116 Å². The fourth-order valence-corrected chi connectivity index (χ4v) is 1.39.